The van der Waals surface area contributed by atoms with Gasteiger partial charge in [-0.1, -0.05) is 0 Å². The molecule has 0 amide bonds. The molecule has 0 aliphatic rings. The lowest BCUT2D eigenvalue weighted by Crippen LogP contribution is -2.15. The first kappa shape index (κ1) is 13.7. The Morgan fingerprint density at radius 1 is 1.22 bits per heavy atom. The molecule has 0 saturated heterocycles. The first-order valence-corrected chi connectivity index (χ1v) is 5.39. The van der Waals surface area contributed by atoms with E-state index >= 15 is 0 Å². The molecule has 1 rings (SSSR count). The van der Waals surface area contributed by atoms with Crippen molar-refractivity contribution in [3.63, 3.8) is 0 Å². The summed E-state index contributed by atoms with van der Waals surface area (Å²) in [4.78, 5) is 25.2. The molecule has 0 aromatic heterocycles. The van der Waals surface area contributed by atoms with Crippen molar-refractivity contribution in [1.82, 2.24) is 4.90 Å². The van der Waals surface area contributed by atoms with E-state index in [1.165, 1.54) is 13.1 Å². The number of allylic oxidation sites excluding steroid dienone is 1. The molecular formula is C14H14N2O2. The van der Waals surface area contributed by atoms with Crippen LogP contribution >= 0.6 is 0 Å². The van der Waals surface area contributed by atoms with Crippen molar-refractivity contribution in [2.75, 3.05) is 14.1 Å². The molecule has 0 aliphatic heterocycles. The van der Waals surface area contributed by atoms with Crippen molar-refractivity contribution in [2.24, 2.45) is 0 Å². The summed E-state index contributed by atoms with van der Waals surface area (Å²) in [5.74, 6) is -0.612. The average molecular weight is 242 g/mol. The van der Waals surface area contributed by atoms with E-state index in [0.717, 1.165) is 0 Å². The molecule has 0 bridgehead atoms. The first-order valence-electron chi connectivity index (χ1n) is 5.39. The Labute approximate surface area is 106 Å². The molecule has 18 heavy (non-hydrogen) atoms. The maximum atomic E-state index is 12.1. The van der Waals surface area contributed by atoms with Gasteiger partial charge in [-0.2, -0.15) is 5.26 Å². The molecule has 0 N–H and O–H groups in total. The topological polar surface area (TPSA) is 61.2 Å². The third kappa shape index (κ3) is 3.29. The predicted molar refractivity (Wildman–Crippen MR) is 67.9 cm³/mol. The highest BCUT2D eigenvalue weighted by Crippen LogP contribution is 2.11. The van der Waals surface area contributed by atoms with E-state index in [4.69, 9.17) is 5.26 Å². The van der Waals surface area contributed by atoms with E-state index < -0.39 is 0 Å². The summed E-state index contributed by atoms with van der Waals surface area (Å²) in [6.07, 6.45) is 1.50. The molecule has 1 aromatic rings. The zero-order valence-corrected chi connectivity index (χ0v) is 10.6. The second-order valence-corrected chi connectivity index (χ2v) is 4.08. The molecule has 0 heterocycles. The average Bonchev–Trinajstić information content (AvgIpc) is 2.34. The van der Waals surface area contributed by atoms with Gasteiger partial charge in [-0.15, -0.1) is 0 Å². The van der Waals surface area contributed by atoms with E-state index in [1.54, 1.807) is 43.3 Å². The van der Waals surface area contributed by atoms with Gasteiger partial charge in [0.2, 0.25) is 0 Å². The summed E-state index contributed by atoms with van der Waals surface area (Å²) in [5, 5.41) is 8.68. The van der Waals surface area contributed by atoms with Crippen LogP contribution in [0.3, 0.4) is 0 Å². The molecule has 0 radical (unpaired) electrons. The van der Waals surface area contributed by atoms with E-state index in [1.807, 2.05) is 6.07 Å². The van der Waals surface area contributed by atoms with Crippen LogP contribution in [0.4, 0.5) is 0 Å². The molecule has 0 fully saturated rings. The van der Waals surface area contributed by atoms with Crippen LogP contribution in [0.1, 0.15) is 22.8 Å². The number of carbonyl (C=O) groups excluding carboxylic acids is 2. The lowest BCUT2D eigenvalue weighted by atomic mass is 10.0. The Balaban J connectivity index is 3.11. The SMILES string of the molecule is CC(=O)C(=CN(C)C)C(=O)c1ccc(C#N)cc1. The first-order chi connectivity index (χ1) is 8.45. The van der Waals surface area contributed by atoms with Gasteiger partial charge in [0.05, 0.1) is 17.2 Å². The molecule has 92 valence electrons. The van der Waals surface area contributed by atoms with Crippen LogP contribution in [0.25, 0.3) is 0 Å². The fourth-order valence-electron chi connectivity index (χ4n) is 1.42. The molecule has 0 atom stereocenters. The standard InChI is InChI=1S/C14H14N2O2/c1-10(17)13(9-16(2)3)14(18)12-6-4-11(8-15)5-7-12/h4-7,9H,1-3H3. The molecular weight excluding hydrogens is 228 g/mol. The van der Waals surface area contributed by atoms with E-state index in [9.17, 15) is 9.59 Å². The number of nitrogens with zero attached hydrogens (tertiary/aromatic N) is 2. The number of nitriles is 1. The van der Waals surface area contributed by atoms with Gasteiger partial charge < -0.3 is 4.90 Å². The second kappa shape index (κ2) is 5.78. The van der Waals surface area contributed by atoms with Crippen LogP contribution < -0.4 is 0 Å². The number of hydrogen-bond donors (Lipinski definition) is 0. The van der Waals surface area contributed by atoms with Crippen LogP contribution in [0, 0.1) is 11.3 Å². The molecule has 4 heteroatoms. The smallest absolute Gasteiger partial charge is 0.198 e. The van der Waals surface area contributed by atoms with Gasteiger partial charge in [0.25, 0.3) is 0 Å². The second-order valence-electron chi connectivity index (χ2n) is 4.08. The van der Waals surface area contributed by atoms with Gasteiger partial charge in [-0.25, -0.2) is 0 Å². The third-order valence-corrected chi connectivity index (χ3v) is 2.29. The lowest BCUT2D eigenvalue weighted by molar-refractivity contribution is -0.113. The fourth-order valence-corrected chi connectivity index (χ4v) is 1.42. The predicted octanol–water partition coefficient (Wildman–Crippen LogP) is 1.78. The van der Waals surface area contributed by atoms with Gasteiger partial charge in [-0.05, 0) is 31.2 Å². The van der Waals surface area contributed by atoms with E-state index in [-0.39, 0.29) is 17.1 Å². The maximum absolute atomic E-state index is 12.1. The maximum Gasteiger partial charge on any atom is 0.198 e. The normalized spacial score (nSPS) is 10.7. The quantitative estimate of drug-likeness (QED) is 0.349. The zero-order chi connectivity index (χ0) is 13.7. The minimum absolute atomic E-state index is 0.129. The van der Waals surface area contributed by atoms with Gasteiger partial charge in [-0.3, -0.25) is 9.59 Å². The Bertz CT molecular complexity index is 534. The number of hydrogen-bond acceptors (Lipinski definition) is 4. The monoisotopic (exact) mass is 242 g/mol. The van der Waals surface area contributed by atoms with Crippen LogP contribution in [-0.4, -0.2) is 30.6 Å². The highest BCUT2D eigenvalue weighted by Gasteiger charge is 2.16. The molecule has 4 nitrogen and oxygen atoms in total. The Morgan fingerprint density at radius 2 is 1.78 bits per heavy atom. The number of ketones is 2. The number of benzene rings is 1. The van der Waals surface area contributed by atoms with Crippen LogP contribution in [0.2, 0.25) is 0 Å². The van der Waals surface area contributed by atoms with Crippen molar-refractivity contribution >= 4 is 11.6 Å². The number of Topliss-reactive ketones (excluding diaryl/α,β-unsaturated/α-hetero) is 2. The summed E-state index contributed by atoms with van der Waals surface area (Å²) in [6.45, 7) is 1.36. The van der Waals surface area contributed by atoms with Gasteiger partial charge >= 0.3 is 0 Å². The van der Waals surface area contributed by atoms with Gasteiger partial charge in [0, 0.05) is 25.9 Å². The highest BCUT2D eigenvalue weighted by molar-refractivity contribution is 6.25. The van der Waals surface area contributed by atoms with Gasteiger partial charge in [0.1, 0.15) is 0 Å². The summed E-state index contributed by atoms with van der Waals surface area (Å²) in [6, 6.07) is 8.19. The molecule has 1 aromatic carbocycles. The fraction of sp³-hybridized carbons (Fsp3) is 0.214. The van der Waals surface area contributed by atoms with Crippen molar-refractivity contribution in [3.8, 4) is 6.07 Å². The number of carbonyl (C=O) groups is 2. The summed E-state index contributed by atoms with van der Waals surface area (Å²) in [5.41, 5.74) is 1.01. The summed E-state index contributed by atoms with van der Waals surface area (Å²) >= 11 is 0. The van der Waals surface area contributed by atoms with Crippen LogP contribution in [0.15, 0.2) is 36.0 Å². The zero-order valence-electron chi connectivity index (χ0n) is 10.6. The molecule has 0 unspecified atom stereocenters. The van der Waals surface area contributed by atoms with Crippen molar-refractivity contribution in [2.45, 2.75) is 6.92 Å². The van der Waals surface area contributed by atoms with Crippen molar-refractivity contribution in [1.29, 1.82) is 5.26 Å². The molecule has 0 spiro atoms. The van der Waals surface area contributed by atoms with E-state index in [0.29, 0.717) is 11.1 Å². The minimum atomic E-state index is -0.333. The largest absolute Gasteiger partial charge is 0.383 e. The Kier molecular flexibility index (Phi) is 4.39. The van der Waals surface area contributed by atoms with E-state index in [2.05, 4.69) is 0 Å². The Hall–Kier alpha value is -2.41. The van der Waals surface area contributed by atoms with Gasteiger partial charge in [0.15, 0.2) is 11.6 Å². The van der Waals surface area contributed by atoms with Crippen LogP contribution in [0.5, 0.6) is 0 Å². The summed E-state index contributed by atoms with van der Waals surface area (Å²) < 4.78 is 0. The summed E-state index contributed by atoms with van der Waals surface area (Å²) in [7, 11) is 3.49. The molecule has 0 aliphatic carbocycles. The Morgan fingerprint density at radius 3 is 2.17 bits per heavy atom. The minimum Gasteiger partial charge on any atom is -0.383 e. The molecule has 0 saturated carbocycles. The van der Waals surface area contributed by atoms with Crippen LogP contribution in [-0.2, 0) is 4.79 Å². The van der Waals surface area contributed by atoms with Crippen molar-refractivity contribution in [3.05, 3.63) is 47.2 Å². The third-order valence-electron chi connectivity index (χ3n) is 2.29. The van der Waals surface area contributed by atoms with Crippen molar-refractivity contribution < 1.29 is 9.59 Å². The lowest BCUT2D eigenvalue weighted by Gasteiger charge is -2.09. The highest BCUT2D eigenvalue weighted by atomic mass is 16.1. The number of rotatable bonds is 4.